The molecule has 9 nitrogen and oxygen atoms in total. The lowest BCUT2D eigenvalue weighted by Gasteiger charge is -2.32. The SMILES string of the molecule is COC(=O)c1ccccc1NC(=O)C1CCN(c2ncnc3onc(C)c23)CC1. The van der Waals surface area contributed by atoms with Crippen molar-refractivity contribution in [3.8, 4) is 0 Å². The van der Waals surface area contributed by atoms with Gasteiger partial charge in [-0.3, -0.25) is 4.79 Å². The van der Waals surface area contributed by atoms with Gasteiger partial charge in [0.1, 0.15) is 17.5 Å². The molecule has 1 amide bonds. The van der Waals surface area contributed by atoms with Crippen molar-refractivity contribution in [3.05, 3.63) is 41.9 Å². The first kappa shape index (κ1) is 18.9. The number of hydrogen-bond acceptors (Lipinski definition) is 8. The number of nitrogens with zero attached hydrogens (tertiary/aromatic N) is 4. The highest BCUT2D eigenvalue weighted by molar-refractivity contribution is 6.02. The highest BCUT2D eigenvalue weighted by Crippen LogP contribution is 2.30. The zero-order valence-corrected chi connectivity index (χ0v) is 16.2. The summed E-state index contributed by atoms with van der Waals surface area (Å²) in [6.07, 6.45) is 2.80. The van der Waals surface area contributed by atoms with Gasteiger partial charge in [-0.1, -0.05) is 17.3 Å². The van der Waals surface area contributed by atoms with Gasteiger partial charge in [-0.25, -0.2) is 9.78 Å². The third-order valence-corrected chi connectivity index (χ3v) is 5.18. The van der Waals surface area contributed by atoms with Crippen LogP contribution in [0, 0.1) is 12.8 Å². The van der Waals surface area contributed by atoms with E-state index in [1.807, 2.05) is 6.92 Å². The van der Waals surface area contributed by atoms with Crippen molar-refractivity contribution in [3.63, 3.8) is 0 Å². The van der Waals surface area contributed by atoms with E-state index < -0.39 is 5.97 Å². The molecule has 1 N–H and O–H groups in total. The van der Waals surface area contributed by atoms with Gasteiger partial charge in [0.05, 0.1) is 24.1 Å². The van der Waals surface area contributed by atoms with Gasteiger partial charge < -0.3 is 19.5 Å². The van der Waals surface area contributed by atoms with E-state index in [9.17, 15) is 9.59 Å². The van der Waals surface area contributed by atoms with Crippen LogP contribution in [-0.2, 0) is 9.53 Å². The topological polar surface area (TPSA) is 110 Å². The average Bonchev–Trinajstić information content (AvgIpc) is 3.15. The zero-order valence-electron chi connectivity index (χ0n) is 16.2. The van der Waals surface area contributed by atoms with Crippen LogP contribution < -0.4 is 10.2 Å². The molecule has 0 radical (unpaired) electrons. The van der Waals surface area contributed by atoms with E-state index in [1.54, 1.807) is 24.3 Å². The Balaban J connectivity index is 1.44. The maximum atomic E-state index is 12.8. The molecule has 29 heavy (non-hydrogen) atoms. The largest absolute Gasteiger partial charge is 0.465 e. The number of rotatable bonds is 4. The van der Waals surface area contributed by atoms with E-state index in [2.05, 4.69) is 25.3 Å². The number of hydrogen-bond donors (Lipinski definition) is 1. The number of methoxy groups -OCH3 is 1. The minimum absolute atomic E-state index is 0.102. The molecule has 1 aromatic carbocycles. The molecule has 0 bridgehead atoms. The van der Waals surface area contributed by atoms with Crippen LogP contribution in [0.5, 0.6) is 0 Å². The van der Waals surface area contributed by atoms with Gasteiger partial charge in [0.15, 0.2) is 0 Å². The van der Waals surface area contributed by atoms with Crippen LogP contribution >= 0.6 is 0 Å². The minimum Gasteiger partial charge on any atom is -0.465 e. The molecule has 3 heterocycles. The maximum Gasteiger partial charge on any atom is 0.339 e. The van der Waals surface area contributed by atoms with Crippen molar-refractivity contribution in [1.29, 1.82) is 0 Å². The second kappa shape index (κ2) is 7.86. The Hall–Kier alpha value is -3.49. The number of carbonyl (C=O) groups is 2. The van der Waals surface area contributed by atoms with Crippen molar-refractivity contribution in [2.75, 3.05) is 30.4 Å². The molecule has 1 saturated heterocycles. The van der Waals surface area contributed by atoms with Crippen molar-refractivity contribution in [1.82, 2.24) is 15.1 Å². The number of aryl methyl sites for hydroxylation is 1. The minimum atomic E-state index is -0.479. The fourth-order valence-corrected chi connectivity index (χ4v) is 3.61. The highest BCUT2D eigenvalue weighted by Gasteiger charge is 2.28. The fourth-order valence-electron chi connectivity index (χ4n) is 3.61. The second-order valence-corrected chi connectivity index (χ2v) is 6.93. The number of benzene rings is 1. The first-order valence-electron chi connectivity index (χ1n) is 9.38. The number of esters is 1. The van der Waals surface area contributed by atoms with Gasteiger partial charge in [0.25, 0.3) is 5.71 Å². The summed E-state index contributed by atoms with van der Waals surface area (Å²) in [4.78, 5) is 35.3. The number of ether oxygens (including phenoxy) is 1. The number of fused-ring (bicyclic) bond motifs is 1. The van der Waals surface area contributed by atoms with E-state index in [1.165, 1.54) is 13.4 Å². The Kier molecular flexibility index (Phi) is 5.11. The summed E-state index contributed by atoms with van der Waals surface area (Å²) in [5.74, 6) is 0.0454. The lowest BCUT2D eigenvalue weighted by Crippen LogP contribution is -2.38. The molecule has 0 spiro atoms. The molecule has 1 fully saturated rings. The fraction of sp³-hybridized carbons (Fsp3) is 0.350. The van der Waals surface area contributed by atoms with Crippen LogP contribution in [-0.4, -0.2) is 47.2 Å². The van der Waals surface area contributed by atoms with Gasteiger partial charge in [0.2, 0.25) is 5.91 Å². The lowest BCUT2D eigenvalue weighted by atomic mass is 9.95. The molecule has 3 aromatic rings. The van der Waals surface area contributed by atoms with E-state index in [4.69, 9.17) is 9.26 Å². The summed E-state index contributed by atoms with van der Waals surface area (Å²) < 4.78 is 10.00. The Bertz CT molecular complexity index is 1060. The first-order chi connectivity index (χ1) is 14.1. The maximum absolute atomic E-state index is 12.8. The number of amides is 1. The molecular formula is C20H21N5O4. The highest BCUT2D eigenvalue weighted by atomic mass is 16.5. The molecule has 1 aliphatic rings. The van der Waals surface area contributed by atoms with Gasteiger partial charge in [0, 0.05) is 19.0 Å². The Morgan fingerprint density at radius 1 is 1.21 bits per heavy atom. The Morgan fingerprint density at radius 3 is 2.72 bits per heavy atom. The van der Waals surface area contributed by atoms with Crippen LogP contribution in [0.4, 0.5) is 11.5 Å². The van der Waals surface area contributed by atoms with Gasteiger partial charge in [-0.15, -0.1) is 0 Å². The predicted octanol–water partition coefficient (Wildman–Crippen LogP) is 2.57. The molecule has 0 unspecified atom stereocenters. The molecular weight excluding hydrogens is 374 g/mol. The molecule has 9 heteroatoms. The molecule has 2 aromatic heterocycles. The summed E-state index contributed by atoms with van der Waals surface area (Å²) in [7, 11) is 1.32. The molecule has 0 saturated carbocycles. The quantitative estimate of drug-likeness (QED) is 0.671. The van der Waals surface area contributed by atoms with Crippen molar-refractivity contribution < 1.29 is 18.8 Å². The monoisotopic (exact) mass is 395 g/mol. The Labute approximate surface area is 167 Å². The summed E-state index contributed by atoms with van der Waals surface area (Å²) in [5.41, 5.74) is 2.01. The summed E-state index contributed by atoms with van der Waals surface area (Å²) in [6.45, 7) is 3.21. The van der Waals surface area contributed by atoms with Gasteiger partial charge in [-0.05, 0) is 31.9 Å². The summed E-state index contributed by atoms with van der Waals surface area (Å²) in [5, 5.41) is 7.65. The number of para-hydroxylation sites is 1. The van der Waals surface area contributed by atoms with Crippen LogP contribution in [0.2, 0.25) is 0 Å². The van der Waals surface area contributed by atoms with Crippen LogP contribution in [0.25, 0.3) is 11.1 Å². The van der Waals surface area contributed by atoms with Crippen LogP contribution in [0.3, 0.4) is 0 Å². The molecule has 0 aliphatic carbocycles. The van der Waals surface area contributed by atoms with E-state index in [0.29, 0.717) is 42.9 Å². The Morgan fingerprint density at radius 2 is 1.97 bits per heavy atom. The number of carbonyl (C=O) groups excluding carboxylic acids is 2. The normalized spacial score (nSPS) is 14.8. The van der Waals surface area contributed by atoms with Crippen molar-refractivity contribution in [2.45, 2.75) is 19.8 Å². The first-order valence-corrected chi connectivity index (χ1v) is 9.38. The standard InChI is InChI=1S/C20H21N5O4/c1-12-16-17(21-11-22-19(16)29-24-12)25-9-7-13(8-10-25)18(26)23-15-6-4-3-5-14(15)20(27)28-2/h3-6,11,13H,7-10H2,1-2H3,(H,23,26). The van der Waals surface area contributed by atoms with Crippen molar-refractivity contribution >= 4 is 34.5 Å². The summed E-state index contributed by atoms with van der Waals surface area (Å²) >= 11 is 0. The molecule has 4 rings (SSSR count). The molecule has 0 atom stereocenters. The predicted molar refractivity (Wildman–Crippen MR) is 106 cm³/mol. The smallest absolute Gasteiger partial charge is 0.339 e. The van der Waals surface area contributed by atoms with E-state index in [-0.39, 0.29) is 11.8 Å². The second-order valence-electron chi connectivity index (χ2n) is 6.93. The molecule has 150 valence electrons. The number of nitrogens with one attached hydrogen (secondary N) is 1. The number of piperidine rings is 1. The lowest BCUT2D eigenvalue weighted by molar-refractivity contribution is -0.120. The molecule has 1 aliphatic heterocycles. The average molecular weight is 395 g/mol. The van der Waals surface area contributed by atoms with Gasteiger partial charge in [-0.2, -0.15) is 4.98 Å². The zero-order chi connectivity index (χ0) is 20.4. The van der Waals surface area contributed by atoms with Crippen LogP contribution in [0.15, 0.2) is 35.1 Å². The van der Waals surface area contributed by atoms with Gasteiger partial charge >= 0.3 is 5.97 Å². The van der Waals surface area contributed by atoms with Crippen LogP contribution in [0.1, 0.15) is 28.9 Å². The van der Waals surface area contributed by atoms with E-state index in [0.717, 1.165) is 16.9 Å². The van der Waals surface area contributed by atoms with E-state index >= 15 is 0 Å². The number of anilines is 2. The summed E-state index contributed by atoms with van der Waals surface area (Å²) in [6, 6.07) is 6.83. The third kappa shape index (κ3) is 3.63. The van der Waals surface area contributed by atoms with Crippen molar-refractivity contribution in [2.24, 2.45) is 5.92 Å². The number of aromatic nitrogens is 3. The third-order valence-electron chi connectivity index (χ3n) is 5.18.